The first kappa shape index (κ1) is 9.84. The maximum Gasteiger partial charge on any atom is 0.181 e. The van der Waals surface area contributed by atoms with Crippen LogP contribution in [0.1, 0.15) is 13.8 Å². The molecule has 0 rings (SSSR count). The Kier molecular flexibility index (Phi) is 2.95. The summed E-state index contributed by atoms with van der Waals surface area (Å²) in [7, 11) is 0. The molecule has 0 unspecified atom stereocenters. The van der Waals surface area contributed by atoms with E-state index in [-0.39, 0.29) is 11.6 Å². The van der Waals surface area contributed by atoms with E-state index in [1.165, 1.54) is 12.2 Å². The van der Waals surface area contributed by atoms with Crippen LogP contribution in [0.5, 0.6) is 0 Å². The van der Waals surface area contributed by atoms with E-state index in [1.54, 1.807) is 13.8 Å². The predicted octanol–water partition coefficient (Wildman–Crippen LogP) is -0.0420. The van der Waals surface area contributed by atoms with Crippen molar-refractivity contribution in [2.24, 2.45) is 11.5 Å². The Bertz CT molecular complexity index is 185. The summed E-state index contributed by atoms with van der Waals surface area (Å²) < 4.78 is 0. The highest BCUT2D eigenvalue weighted by atomic mass is 16.3. The molecule has 11 heavy (non-hydrogen) atoms. The van der Waals surface area contributed by atoms with Crippen molar-refractivity contribution in [1.82, 2.24) is 0 Å². The van der Waals surface area contributed by atoms with E-state index in [4.69, 9.17) is 16.6 Å². The van der Waals surface area contributed by atoms with Crippen molar-refractivity contribution in [3.05, 3.63) is 23.7 Å². The zero-order chi connectivity index (χ0) is 9.07. The number of aliphatic hydroxyl groups is 2. The second kappa shape index (κ2) is 3.30. The fourth-order valence-electron chi connectivity index (χ4n) is 0.379. The molecular formula is C7H14N2O2. The van der Waals surface area contributed by atoms with Gasteiger partial charge in [0.1, 0.15) is 0 Å². The molecule has 0 aliphatic rings. The van der Waals surface area contributed by atoms with Crippen molar-refractivity contribution in [3.8, 4) is 0 Å². The smallest absolute Gasteiger partial charge is 0.181 e. The van der Waals surface area contributed by atoms with Gasteiger partial charge < -0.3 is 21.7 Å². The van der Waals surface area contributed by atoms with Gasteiger partial charge in [-0.1, -0.05) is 0 Å². The van der Waals surface area contributed by atoms with Gasteiger partial charge in [-0.3, -0.25) is 0 Å². The number of rotatable bonds is 2. The van der Waals surface area contributed by atoms with Crippen LogP contribution in [0.4, 0.5) is 0 Å². The number of allylic oxidation sites excluding steroid dienone is 2. The van der Waals surface area contributed by atoms with E-state index >= 15 is 0 Å². The van der Waals surface area contributed by atoms with Gasteiger partial charge in [-0.05, 0) is 26.0 Å². The number of nitrogens with two attached hydrogens (primary N) is 2. The number of hydrogen-bond donors (Lipinski definition) is 4. The first-order chi connectivity index (χ1) is 4.84. The second-order valence-electron chi connectivity index (χ2n) is 2.77. The van der Waals surface area contributed by atoms with Crippen LogP contribution in [-0.2, 0) is 0 Å². The van der Waals surface area contributed by atoms with Crippen LogP contribution in [0.25, 0.3) is 0 Å². The van der Waals surface area contributed by atoms with Gasteiger partial charge in [0.2, 0.25) is 0 Å². The molecule has 0 saturated heterocycles. The largest absolute Gasteiger partial charge is 0.495 e. The van der Waals surface area contributed by atoms with Gasteiger partial charge in [-0.15, -0.1) is 0 Å². The number of aliphatic hydroxyl groups excluding tert-OH is 1. The molecule has 64 valence electrons. The third-order valence-corrected chi connectivity index (χ3v) is 1.14. The Morgan fingerprint density at radius 2 is 1.73 bits per heavy atom. The standard InChI is InChI=1S/C7H14N2O2/c1-7(2,11)5(8)3-4-6(9)10/h3-4,10-11H,8-9H2,1-2H3/b5-3-,6-4+. The van der Waals surface area contributed by atoms with Gasteiger partial charge in [-0.25, -0.2) is 0 Å². The van der Waals surface area contributed by atoms with Gasteiger partial charge in [0.15, 0.2) is 5.88 Å². The van der Waals surface area contributed by atoms with E-state index in [0.717, 1.165) is 0 Å². The molecule has 0 heterocycles. The molecule has 0 spiro atoms. The summed E-state index contributed by atoms with van der Waals surface area (Å²) in [5.74, 6) is -0.336. The van der Waals surface area contributed by atoms with E-state index in [2.05, 4.69) is 0 Å². The highest BCUT2D eigenvalue weighted by Gasteiger charge is 2.14. The average molecular weight is 158 g/mol. The molecule has 0 radical (unpaired) electrons. The minimum atomic E-state index is -1.08. The predicted molar refractivity (Wildman–Crippen MR) is 43.5 cm³/mol. The van der Waals surface area contributed by atoms with Crippen LogP contribution in [-0.4, -0.2) is 15.8 Å². The zero-order valence-corrected chi connectivity index (χ0v) is 6.70. The van der Waals surface area contributed by atoms with Crippen molar-refractivity contribution in [2.45, 2.75) is 19.4 Å². The minimum absolute atomic E-state index is 0.245. The van der Waals surface area contributed by atoms with E-state index in [0.29, 0.717) is 0 Å². The molecule has 0 atom stereocenters. The molecule has 0 aromatic heterocycles. The summed E-state index contributed by atoms with van der Waals surface area (Å²) in [6.07, 6.45) is 2.57. The van der Waals surface area contributed by atoms with Crippen molar-refractivity contribution in [3.63, 3.8) is 0 Å². The minimum Gasteiger partial charge on any atom is -0.495 e. The Labute approximate surface area is 65.8 Å². The molecule has 0 saturated carbocycles. The van der Waals surface area contributed by atoms with E-state index in [1.807, 2.05) is 0 Å². The summed E-state index contributed by atoms with van der Waals surface area (Å²) in [6, 6.07) is 0. The quantitative estimate of drug-likeness (QED) is 0.335. The molecule has 0 fully saturated rings. The molecule has 0 bridgehead atoms. The van der Waals surface area contributed by atoms with Gasteiger partial charge in [0.25, 0.3) is 0 Å². The average Bonchev–Trinajstić information content (AvgIpc) is 1.80. The lowest BCUT2D eigenvalue weighted by molar-refractivity contribution is 0.118. The van der Waals surface area contributed by atoms with Crippen LogP contribution >= 0.6 is 0 Å². The molecule has 0 amide bonds. The van der Waals surface area contributed by atoms with E-state index < -0.39 is 5.60 Å². The normalized spacial score (nSPS) is 15.2. The molecule has 6 N–H and O–H groups in total. The van der Waals surface area contributed by atoms with Crippen LogP contribution in [0.3, 0.4) is 0 Å². The summed E-state index contributed by atoms with van der Waals surface area (Å²) in [6.45, 7) is 3.08. The Morgan fingerprint density at radius 1 is 1.27 bits per heavy atom. The first-order valence-electron chi connectivity index (χ1n) is 3.19. The van der Waals surface area contributed by atoms with Crippen LogP contribution in [0.2, 0.25) is 0 Å². The monoisotopic (exact) mass is 158 g/mol. The maximum absolute atomic E-state index is 9.25. The fraction of sp³-hybridized carbons (Fsp3) is 0.429. The maximum atomic E-state index is 9.25. The first-order valence-corrected chi connectivity index (χ1v) is 3.19. The summed E-state index contributed by atoms with van der Waals surface area (Å²) in [4.78, 5) is 0. The summed E-state index contributed by atoms with van der Waals surface area (Å²) >= 11 is 0. The topological polar surface area (TPSA) is 92.5 Å². The Balaban J connectivity index is 4.36. The molecule has 0 aromatic rings. The third-order valence-electron chi connectivity index (χ3n) is 1.14. The van der Waals surface area contributed by atoms with Crippen molar-refractivity contribution < 1.29 is 10.2 Å². The SMILES string of the molecule is CC(C)(O)/C(N)=C/C=C(\N)O. The zero-order valence-electron chi connectivity index (χ0n) is 6.70. The van der Waals surface area contributed by atoms with Crippen LogP contribution in [0, 0.1) is 0 Å². The Hall–Kier alpha value is -1.16. The molecule has 0 aromatic carbocycles. The second-order valence-corrected chi connectivity index (χ2v) is 2.77. The highest BCUT2D eigenvalue weighted by Crippen LogP contribution is 2.08. The van der Waals surface area contributed by atoms with Crippen molar-refractivity contribution >= 4 is 0 Å². The van der Waals surface area contributed by atoms with Gasteiger partial charge >= 0.3 is 0 Å². The summed E-state index contributed by atoms with van der Waals surface area (Å²) in [5, 5.41) is 17.8. The fourth-order valence-corrected chi connectivity index (χ4v) is 0.379. The highest BCUT2D eigenvalue weighted by molar-refractivity contribution is 5.17. The Morgan fingerprint density at radius 3 is 2.00 bits per heavy atom. The van der Waals surface area contributed by atoms with Crippen LogP contribution < -0.4 is 11.5 Å². The van der Waals surface area contributed by atoms with E-state index in [9.17, 15) is 5.11 Å². The lowest BCUT2D eigenvalue weighted by Gasteiger charge is -2.16. The molecule has 0 aliphatic heterocycles. The van der Waals surface area contributed by atoms with Gasteiger partial charge in [0, 0.05) is 5.70 Å². The lowest BCUT2D eigenvalue weighted by atomic mass is 10.1. The van der Waals surface area contributed by atoms with Crippen molar-refractivity contribution in [1.29, 1.82) is 0 Å². The third kappa shape index (κ3) is 4.27. The number of hydrogen-bond acceptors (Lipinski definition) is 4. The van der Waals surface area contributed by atoms with Gasteiger partial charge in [0.05, 0.1) is 5.60 Å². The van der Waals surface area contributed by atoms with Crippen molar-refractivity contribution in [2.75, 3.05) is 0 Å². The molecule has 0 aliphatic carbocycles. The van der Waals surface area contributed by atoms with Gasteiger partial charge in [-0.2, -0.15) is 0 Å². The van der Waals surface area contributed by atoms with Crippen LogP contribution in [0.15, 0.2) is 23.7 Å². The molecule has 4 heteroatoms. The summed E-state index contributed by atoms with van der Waals surface area (Å²) in [5.41, 5.74) is 9.49. The lowest BCUT2D eigenvalue weighted by Crippen LogP contribution is -2.27. The molecular weight excluding hydrogens is 144 g/mol. The molecule has 4 nitrogen and oxygen atoms in total.